The van der Waals surface area contributed by atoms with Gasteiger partial charge in [0.25, 0.3) is 0 Å². The van der Waals surface area contributed by atoms with Crippen LogP contribution < -0.4 is 0 Å². The van der Waals surface area contributed by atoms with Crippen LogP contribution in [0, 0.1) is 0 Å². The molecular formula is C12H20N2OS3. The molecule has 6 heteroatoms. The first-order valence-corrected chi connectivity index (χ1v) is 9.20. The van der Waals surface area contributed by atoms with E-state index in [0.717, 1.165) is 15.1 Å². The van der Waals surface area contributed by atoms with E-state index in [2.05, 4.69) is 17.1 Å². The lowest BCUT2D eigenvalue weighted by atomic mass is 10.1. The summed E-state index contributed by atoms with van der Waals surface area (Å²) in [6.45, 7) is 2.21. The summed E-state index contributed by atoms with van der Waals surface area (Å²) in [5, 5.41) is 8.18. The number of aromatic nitrogens is 2. The predicted molar refractivity (Wildman–Crippen MR) is 80.5 cm³/mol. The maximum absolute atomic E-state index is 11.7. The molecule has 0 aliphatic carbocycles. The lowest BCUT2D eigenvalue weighted by Gasteiger charge is -1.99. The van der Waals surface area contributed by atoms with Crippen molar-refractivity contribution < 1.29 is 4.79 Å². The fourth-order valence-electron chi connectivity index (χ4n) is 1.52. The van der Waals surface area contributed by atoms with Crippen LogP contribution in [0.1, 0.15) is 51.9 Å². The summed E-state index contributed by atoms with van der Waals surface area (Å²) in [6.07, 6.45) is 9.92. The van der Waals surface area contributed by atoms with Gasteiger partial charge in [-0.1, -0.05) is 62.1 Å². The Morgan fingerprint density at radius 1 is 1.11 bits per heavy atom. The maximum Gasteiger partial charge on any atom is 0.195 e. The molecule has 1 rings (SSSR count). The summed E-state index contributed by atoms with van der Waals surface area (Å²) in [4.78, 5) is 11.7. The molecule has 0 fully saturated rings. The van der Waals surface area contributed by atoms with Gasteiger partial charge in [-0.2, -0.15) is 0 Å². The number of unbranched alkanes of at least 4 members (excludes halogenated alkanes) is 5. The van der Waals surface area contributed by atoms with Gasteiger partial charge in [0.1, 0.15) is 0 Å². The Hall–Kier alpha value is -0.0700. The van der Waals surface area contributed by atoms with E-state index in [0.29, 0.717) is 6.42 Å². The van der Waals surface area contributed by atoms with Gasteiger partial charge in [0.05, 0.1) is 0 Å². The van der Waals surface area contributed by atoms with E-state index in [-0.39, 0.29) is 5.12 Å². The maximum atomic E-state index is 11.7. The molecule has 0 saturated heterocycles. The minimum atomic E-state index is 0.217. The van der Waals surface area contributed by atoms with Crippen LogP contribution in [0.3, 0.4) is 0 Å². The second kappa shape index (κ2) is 9.81. The van der Waals surface area contributed by atoms with Crippen molar-refractivity contribution in [3.63, 3.8) is 0 Å². The highest BCUT2D eigenvalue weighted by Gasteiger charge is 2.09. The third kappa shape index (κ3) is 6.75. The van der Waals surface area contributed by atoms with Crippen molar-refractivity contribution in [1.29, 1.82) is 0 Å². The second-order valence-electron chi connectivity index (χ2n) is 4.03. The van der Waals surface area contributed by atoms with Gasteiger partial charge in [-0.25, -0.2) is 0 Å². The van der Waals surface area contributed by atoms with Crippen molar-refractivity contribution in [2.45, 2.75) is 60.5 Å². The van der Waals surface area contributed by atoms with Crippen LogP contribution in [-0.2, 0) is 4.79 Å². The fourth-order valence-corrected chi connectivity index (χ4v) is 3.89. The third-order valence-electron chi connectivity index (χ3n) is 2.50. The highest BCUT2D eigenvalue weighted by atomic mass is 32.2. The molecule has 0 aromatic carbocycles. The van der Waals surface area contributed by atoms with Crippen molar-refractivity contribution in [2.75, 3.05) is 6.26 Å². The zero-order chi connectivity index (χ0) is 13.2. The first kappa shape index (κ1) is 16.0. The number of carbonyl (C=O) groups excluding carboxylic acids is 1. The monoisotopic (exact) mass is 304 g/mol. The SMILES string of the molecule is CCCCCCCCC(=O)Sc1nnc(SC)s1. The summed E-state index contributed by atoms with van der Waals surface area (Å²) in [5.74, 6) is 0. The van der Waals surface area contributed by atoms with Crippen LogP contribution in [0.5, 0.6) is 0 Å². The molecule has 0 spiro atoms. The average Bonchev–Trinajstić information content (AvgIpc) is 2.81. The number of hydrogen-bond acceptors (Lipinski definition) is 6. The summed E-state index contributed by atoms with van der Waals surface area (Å²) in [6, 6.07) is 0. The Balaban J connectivity index is 2.10. The van der Waals surface area contributed by atoms with E-state index >= 15 is 0 Å². The lowest BCUT2D eigenvalue weighted by molar-refractivity contribution is -0.111. The summed E-state index contributed by atoms with van der Waals surface area (Å²) in [7, 11) is 0. The largest absolute Gasteiger partial charge is 0.287 e. The number of hydrogen-bond donors (Lipinski definition) is 0. The molecule has 3 nitrogen and oxygen atoms in total. The molecule has 102 valence electrons. The van der Waals surface area contributed by atoms with Gasteiger partial charge in [0.15, 0.2) is 13.8 Å². The molecule has 1 aromatic rings. The van der Waals surface area contributed by atoms with Gasteiger partial charge in [-0.3, -0.25) is 4.79 Å². The van der Waals surface area contributed by atoms with Crippen LogP contribution in [0.25, 0.3) is 0 Å². The Kier molecular flexibility index (Phi) is 8.71. The Labute approximate surface area is 122 Å². The molecule has 0 atom stereocenters. The van der Waals surface area contributed by atoms with Crippen molar-refractivity contribution in [2.24, 2.45) is 0 Å². The van der Waals surface area contributed by atoms with Crippen molar-refractivity contribution in [1.82, 2.24) is 10.2 Å². The standard InChI is InChI=1S/C12H20N2OS3/c1-3-4-5-6-7-8-9-10(15)17-12-14-13-11(16-2)18-12/h3-9H2,1-2H3. The molecule has 0 saturated carbocycles. The van der Waals surface area contributed by atoms with Gasteiger partial charge in [-0.05, 0) is 24.4 Å². The summed E-state index contributed by atoms with van der Waals surface area (Å²) < 4.78 is 1.69. The molecule has 0 unspecified atom stereocenters. The molecule has 0 bridgehead atoms. The van der Waals surface area contributed by atoms with E-state index in [9.17, 15) is 4.79 Å². The van der Waals surface area contributed by atoms with Gasteiger partial charge in [0.2, 0.25) is 0 Å². The van der Waals surface area contributed by atoms with Crippen LogP contribution in [-0.4, -0.2) is 21.6 Å². The van der Waals surface area contributed by atoms with Crippen molar-refractivity contribution in [3.8, 4) is 0 Å². The topological polar surface area (TPSA) is 42.9 Å². The van der Waals surface area contributed by atoms with E-state index in [1.54, 1.807) is 11.8 Å². The van der Waals surface area contributed by atoms with Crippen LogP contribution in [0.2, 0.25) is 0 Å². The van der Waals surface area contributed by atoms with E-state index in [4.69, 9.17) is 0 Å². The Morgan fingerprint density at radius 3 is 2.44 bits per heavy atom. The third-order valence-corrected chi connectivity index (χ3v) is 5.38. The lowest BCUT2D eigenvalue weighted by Crippen LogP contribution is -1.91. The van der Waals surface area contributed by atoms with Crippen LogP contribution in [0.15, 0.2) is 8.68 Å². The van der Waals surface area contributed by atoms with E-state index < -0.39 is 0 Å². The van der Waals surface area contributed by atoms with Gasteiger partial charge in [0, 0.05) is 6.42 Å². The van der Waals surface area contributed by atoms with Crippen LogP contribution in [0.4, 0.5) is 0 Å². The first-order chi connectivity index (χ1) is 8.76. The molecule has 0 radical (unpaired) electrons. The molecule has 1 aromatic heterocycles. The average molecular weight is 305 g/mol. The molecule has 0 N–H and O–H groups in total. The zero-order valence-corrected chi connectivity index (χ0v) is 13.4. The quantitative estimate of drug-likeness (QED) is 0.491. The number of carbonyl (C=O) groups is 1. The normalized spacial score (nSPS) is 10.8. The molecular weight excluding hydrogens is 284 g/mol. The van der Waals surface area contributed by atoms with Gasteiger partial charge < -0.3 is 0 Å². The van der Waals surface area contributed by atoms with E-state index in [1.165, 1.54) is 55.2 Å². The fraction of sp³-hybridized carbons (Fsp3) is 0.750. The van der Waals surface area contributed by atoms with E-state index in [1.807, 2.05) is 6.26 Å². The summed E-state index contributed by atoms with van der Waals surface area (Å²) >= 11 is 4.30. The molecule has 0 amide bonds. The van der Waals surface area contributed by atoms with Crippen LogP contribution >= 0.6 is 34.9 Å². The highest BCUT2D eigenvalue weighted by Crippen LogP contribution is 2.28. The first-order valence-electron chi connectivity index (χ1n) is 6.34. The predicted octanol–water partition coefficient (Wildman–Crippen LogP) is 4.63. The van der Waals surface area contributed by atoms with Crippen molar-refractivity contribution >= 4 is 40.0 Å². The highest BCUT2D eigenvalue weighted by molar-refractivity contribution is 8.15. The van der Waals surface area contributed by atoms with Crippen molar-refractivity contribution in [3.05, 3.63) is 0 Å². The number of rotatable bonds is 9. The Morgan fingerprint density at radius 2 is 1.78 bits per heavy atom. The van der Waals surface area contributed by atoms with Gasteiger partial charge in [-0.15, -0.1) is 10.2 Å². The Bertz CT molecular complexity index is 355. The molecule has 0 aliphatic rings. The molecule has 0 aliphatic heterocycles. The second-order valence-corrected chi connectivity index (χ2v) is 7.37. The van der Waals surface area contributed by atoms with Gasteiger partial charge >= 0.3 is 0 Å². The minimum Gasteiger partial charge on any atom is -0.287 e. The minimum absolute atomic E-state index is 0.217. The molecule has 1 heterocycles. The zero-order valence-electron chi connectivity index (χ0n) is 11.0. The number of thioether (sulfide) groups is 2. The molecule has 18 heavy (non-hydrogen) atoms. The summed E-state index contributed by atoms with van der Waals surface area (Å²) in [5.41, 5.74) is 0. The smallest absolute Gasteiger partial charge is 0.195 e. The number of nitrogens with zero attached hydrogens (tertiary/aromatic N) is 2.